The highest BCUT2D eigenvalue weighted by atomic mass is 32.2. The lowest BCUT2D eigenvalue weighted by molar-refractivity contribution is -0.150. The van der Waals surface area contributed by atoms with Gasteiger partial charge in [0.25, 0.3) is 11.8 Å². The van der Waals surface area contributed by atoms with Crippen molar-refractivity contribution in [2.45, 2.75) is 31.7 Å². The molecule has 1 aromatic rings. The molecule has 0 radical (unpaired) electrons. The summed E-state index contributed by atoms with van der Waals surface area (Å²) in [7, 11) is 2.80. The van der Waals surface area contributed by atoms with Gasteiger partial charge in [-0.25, -0.2) is 4.79 Å². The number of carboxylic acid groups (broad SMARTS) is 1. The zero-order valence-corrected chi connectivity index (χ0v) is 19.1. The van der Waals surface area contributed by atoms with E-state index in [9.17, 15) is 24.3 Å². The molecule has 0 saturated carbocycles. The number of aliphatic carboxylic acids is 1. The number of carbonyl (C=O) groups excluding carboxylic acids is 3. The van der Waals surface area contributed by atoms with E-state index in [1.165, 1.54) is 26.0 Å². The molecule has 0 spiro atoms. The zero-order valence-electron chi connectivity index (χ0n) is 18.2. The van der Waals surface area contributed by atoms with Crippen LogP contribution in [0.5, 0.6) is 11.5 Å². The lowest BCUT2D eigenvalue weighted by Crippen LogP contribution is -2.69. The largest absolute Gasteiger partial charge is 0.497 e. The molecule has 2 unspecified atom stereocenters. The summed E-state index contributed by atoms with van der Waals surface area (Å²) in [4.78, 5) is 49.3. The van der Waals surface area contributed by atoms with Gasteiger partial charge in [-0.05, 0) is 43.7 Å². The topological polar surface area (TPSA) is 131 Å². The van der Waals surface area contributed by atoms with Gasteiger partial charge in [-0.15, -0.1) is 11.8 Å². The Morgan fingerprint density at radius 2 is 1.75 bits per heavy atom. The highest BCUT2D eigenvalue weighted by molar-refractivity contribution is 8.00. The molecule has 2 rings (SSSR count). The van der Waals surface area contributed by atoms with Crippen molar-refractivity contribution in [2.24, 2.45) is 0 Å². The molecule has 2 amide bonds. The third-order valence-corrected chi connectivity index (χ3v) is 5.79. The van der Waals surface area contributed by atoms with Crippen LogP contribution >= 0.6 is 11.8 Å². The minimum atomic E-state index is -1.25. The van der Waals surface area contributed by atoms with Gasteiger partial charge >= 0.3 is 11.9 Å². The Labute approximate surface area is 189 Å². The van der Waals surface area contributed by atoms with Crippen molar-refractivity contribution in [3.05, 3.63) is 35.5 Å². The molecule has 1 aliphatic rings. The van der Waals surface area contributed by atoms with Gasteiger partial charge in [0, 0.05) is 5.75 Å². The molecule has 10 nitrogen and oxygen atoms in total. The van der Waals surface area contributed by atoms with Crippen molar-refractivity contribution in [3.8, 4) is 11.5 Å². The molecule has 1 aliphatic heterocycles. The van der Waals surface area contributed by atoms with Crippen LogP contribution in [0, 0.1) is 0 Å². The predicted octanol–water partition coefficient (Wildman–Crippen LogP) is 1.40. The highest BCUT2D eigenvalue weighted by Crippen LogP contribution is 2.35. The van der Waals surface area contributed by atoms with Gasteiger partial charge in [-0.1, -0.05) is 0 Å². The predicted molar refractivity (Wildman–Crippen MR) is 116 cm³/mol. The summed E-state index contributed by atoms with van der Waals surface area (Å²) < 4.78 is 15.1. The second-order valence-corrected chi connectivity index (χ2v) is 8.18. The molecule has 1 heterocycles. The van der Waals surface area contributed by atoms with Gasteiger partial charge in [-0.2, -0.15) is 0 Å². The fourth-order valence-electron chi connectivity index (χ4n) is 2.96. The number of rotatable bonds is 11. The summed E-state index contributed by atoms with van der Waals surface area (Å²) in [6, 6.07) is 5.70. The SMILES string of the molecule is COC(=O)CCSC1C(NC(=O)COc2ccc(OC)cc2)C(=O)N1C(C(=O)O)=C(C)C. The molecule has 174 valence electrons. The quantitative estimate of drug-likeness (QED) is 0.282. The van der Waals surface area contributed by atoms with Gasteiger partial charge in [0.2, 0.25) is 0 Å². The molecule has 1 saturated heterocycles. The maximum atomic E-state index is 12.7. The average Bonchev–Trinajstić information content (AvgIpc) is 2.77. The molecular weight excluding hydrogens is 440 g/mol. The number of methoxy groups -OCH3 is 2. The van der Waals surface area contributed by atoms with E-state index < -0.39 is 35.2 Å². The number of allylic oxidation sites excluding steroid dienone is 1. The lowest BCUT2D eigenvalue weighted by atomic mass is 10.0. The monoisotopic (exact) mass is 466 g/mol. The van der Waals surface area contributed by atoms with Crippen LogP contribution in [0.25, 0.3) is 0 Å². The fourth-order valence-corrected chi connectivity index (χ4v) is 4.23. The zero-order chi connectivity index (χ0) is 23.8. The number of ether oxygens (including phenoxy) is 3. The minimum Gasteiger partial charge on any atom is -0.497 e. The number of hydrogen-bond donors (Lipinski definition) is 2. The fraction of sp³-hybridized carbons (Fsp3) is 0.429. The van der Waals surface area contributed by atoms with Crippen LogP contribution < -0.4 is 14.8 Å². The Morgan fingerprint density at radius 3 is 2.28 bits per heavy atom. The number of amides is 2. The Bertz CT molecular complexity index is 896. The van der Waals surface area contributed by atoms with Gasteiger partial charge in [0.1, 0.15) is 28.6 Å². The van der Waals surface area contributed by atoms with Gasteiger partial charge in [-0.3, -0.25) is 19.3 Å². The van der Waals surface area contributed by atoms with Crippen molar-refractivity contribution < 1.29 is 38.5 Å². The summed E-state index contributed by atoms with van der Waals surface area (Å²) in [6.07, 6.45) is 0.0815. The van der Waals surface area contributed by atoms with Crippen molar-refractivity contribution in [2.75, 3.05) is 26.6 Å². The van der Waals surface area contributed by atoms with Crippen LogP contribution in [0.3, 0.4) is 0 Å². The van der Waals surface area contributed by atoms with Crippen LogP contribution in [0.15, 0.2) is 35.5 Å². The molecule has 1 aromatic carbocycles. The van der Waals surface area contributed by atoms with Crippen molar-refractivity contribution in [3.63, 3.8) is 0 Å². The van der Waals surface area contributed by atoms with Crippen molar-refractivity contribution in [1.82, 2.24) is 10.2 Å². The number of thioether (sulfide) groups is 1. The van der Waals surface area contributed by atoms with Gasteiger partial charge in [0.15, 0.2) is 6.61 Å². The minimum absolute atomic E-state index is 0.0815. The summed E-state index contributed by atoms with van der Waals surface area (Å²) in [5.41, 5.74) is 0.294. The Morgan fingerprint density at radius 1 is 1.12 bits per heavy atom. The molecule has 1 fully saturated rings. The van der Waals surface area contributed by atoms with Gasteiger partial charge in [0.05, 0.1) is 20.6 Å². The van der Waals surface area contributed by atoms with E-state index in [2.05, 4.69) is 10.1 Å². The first-order valence-corrected chi connectivity index (χ1v) is 10.7. The number of carbonyl (C=O) groups is 4. The van der Waals surface area contributed by atoms with E-state index in [4.69, 9.17) is 9.47 Å². The number of nitrogens with zero attached hydrogens (tertiary/aromatic N) is 1. The summed E-state index contributed by atoms with van der Waals surface area (Å²) in [5.74, 6) is -1.38. The van der Waals surface area contributed by atoms with Crippen LogP contribution in [-0.2, 0) is 23.9 Å². The number of β-lactam (4-membered cyclic amide) rings is 1. The van der Waals surface area contributed by atoms with E-state index >= 15 is 0 Å². The molecular formula is C21H26N2O8S. The normalized spacial score (nSPS) is 17.1. The molecule has 0 aromatic heterocycles. The first-order chi connectivity index (χ1) is 15.2. The number of esters is 1. The van der Waals surface area contributed by atoms with Crippen molar-refractivity contribution >= 4 is 35.5 Å². The summed E-state index contributed by atoms with van der Waals surface area (Å²) >= 11 is 1.19. The smallest absolute Gasteiger partial charge is 0.352 e. The molecule has 32 heavy (non-hydrogen) atoms. The standard InChI is InChI=1S/C21H26N2O8S/c1-12(2)18(21(27)28)23-19(26)17(20(23)32-10-9-16(25)30-4)22-15(24)11-31-14-7-5-13(29-3)6-8-14/h5-8,17,20H,9-11H2,1-4H3,(H,22,24)(H,27,28). The third kappa shape index (κ3) is 6.16. The van der Waals surface area contributed by atoms with Crippen LogP contribution in [0.2, 0.25) is 0 Å². The highest BCUT2D eigenvalue weighted by Gasteiger charge is 2.51. The first kappa shape index (κ1) is 25.1. The number of nitrogens with one attached hydrogen (secondary N) is 1. The number of carboxylic acids is 1. The second-order valence-electron chi connectivity index (χ2n) is 6.96. The number of benzene rings is 1. The molecule has 2 atom stereocenters. The Balaban J connectivity index is 2.05. The third-order valence-electron chi connectivity index (χ3n) is 4.53. The maximum absolute atomic E-state index is 12.7. The molecule has 11 heteroatoms. The van der Waals surface area contributed by atoms with E-state index in [-0.39, 0.29) is 24.5 Å². The maximum Gasteiger partial charge on any atom is 0.352 e. The Hall–Kier alpha value is -3.21. The second kappa shape index (κ2) is 11.4. The van der Waals surface area contributed by atoms with Gasteiger partial charge < -0.3 is 24.6 Å². The Kier molecular flexibility index (Phi) is 8.94. The summed E-state index contributed by atoms with van der Waals surface area (Å²) in [6.45, 7) is 2.84. The molecule has 0 bridgehead atoms. The van der Waals surface area contributed by atoms with Crippen LogP contribution in [0.4, 0.5) is 0 Å². The summed E-state index contributed by atoms with van der Waals surface area (Å²) in [5, 5.41) is 11.4. The average molecular weight is 467 g/mol. The molecule has 2 N–H and O–H groups in total. The van der Waals surface area contributed by atoms with E-state index in [1.807, 2.05) is 0 Å². The number of hydrogen-bond acceptors (Lipinski definition) is 8. The first-order valence-electron chi connectivity index (χ1n) is 9.68. The number of likely N-dealkylation sites (tertiary alicyclic amines) is 1. The van der Waals surface area contributed by atoms with E-state index in [1.54, 1.807) is 38.1 Å². The lowest BCUT2D eigenvalue weighted by Gasteiger charge is -2.46. The molecule has 0 aliphatic carbocycles. The van der Waals surface area contributed by atoms with E-state index in [0.717, 1.165) is 4.90 Å². The van der Waals surface area contributed by atoms with Crippen LogP contribution in [0.1, 0.15) is 20.3 Å². The van der Waals surface area contributed by atoms with E-state index in [0.29, 0.717) is 17.1 Å². The van der Waals surface area contributed by atoms with Crippen molar-refractivity contribution in [1.29, 1.82) is 0 Å². The van der Waals surface area contributed by atoms with Crippen LogP contribution in [-0.4, -0.2) is 71.8 Å².